The number of nitrogens with zero attached hydrogens (tertiary/aromatic N) is 2. The molecule has 0 fully saturated rings. The zero-order valence-corrected chi connectivity index (χ0v) is 31.0. The summed E-state index contributed by atoms with van der Waals surface area (Å²) in [4.78, 5) is 15.9. The Morgan fingerprint density at radius 2 is 1.05 bits per heavy atom. The molecule has 272 valence electrons. The van der Waals surface area contributed by atoms with Gasteiger partial charge >= 0.3 is 0 Å². The van der Waals surface area contributed by atoms with Crippen LogP contribution in [-0.2, 0) is 15.6 Å². The third-order valence-electron chi connectivity index (χ3n) is 11.8. The molecule has 0 aromatic heterocycles. The lowest BCUT2D eigenvalue weighted by Crippen LogP contribution is -2.33. The summed E-state index contributed by atoms with van der Waals surface area (Å²) in [5, 5.41) is 60.0. The number of aliphatic hydroxyl groups excluding tert-OH is 2. The minimum atomic E-state index is -0.813. The summed E-state index contributed by atoms with van der Waals surface area (Å²) in [7, 11) is 0. The maximum atomic E-state index is 13.9. The second-order valence-electron chi connectivity index (χ2n) is 15.5. The Kier molecular flexibility index (Phi) is 7.17. The summed E-state index contributed by atoms with van der Waals surface area (Å²) < 4.78 is 1.94. The van der Waals surface area contributed by atoms with E-state index in [0.717, 1.165) is 45.0 Å². The summed E-state index contributed by atoms with van der Waals surface area (Å²) in [6.45, 7) is 10.3. The summed E-state index contributed by atoms with van der Waals surface area (Å²) in [6, 6.07) is 33.2. The molecule has 0 radical (unpaired) electrons. The van der Waals surface area contributed by atoms with Gasteiger partial charge in [0.05, 0.1) is 40.4 Å². The van der Waals surface area contributed by atoms with Crippen LogP contribution in [0.15, 0.2) is 144 Å². The number of fused-ring (bicyclic) bond motifs is 4. The van der Waals surface area contributed by atoms with Crippen molar-refractivity contribution in [3.8, 4) is 11.5 Å². The highest BCUT2D eigenvalue weighted by Crippen LogP contribution is 2.56. The zero-order valence-electron chi connectivity index (χ0n) is 31.0. The Hall–Kier alpha value is -6.80. The Labute approximate surface area is 318 Å². The first-order valence-corrected chi connectivity index (χ1v) is 18.2. The molecule has 0 saturated carbocycles. The third kappa shape index (κ3) is 4.57. The summed E-state index contributed by atoms with van der Waals surface area (Å²) >= 11 is 0. The van der Waals surface area contributed by atoms with Gasteiger partial charge in [0.15, 0.2) is 5.78 Å². The number of benzene rings is 5. The van der Waals surface area contributed by atoms with Crippen molar-refractivity contribution in [2.24, 2.45) is 0 Å². The monoisotopic (exact) mass is 726 g/mol. The number of aliphatic hydroxyl groups is 2. The molecule has 5 aromatic rings. The summed E-state index contributed by atoms with van der Waals surface area (Å²) in [5.41, 5.74) is 6.82. The van der Waals surface area contributed by atoms with E-state index in [1.165, 1.54) is 18.2 Å². The van der Waals surface area contributed by atoms with Crippen LogP contribution in [0.3, 0.4) is 0 Å². The smallest absolute Gasteiger partial charge is 0.219 e. The first-order valence-electron chi connectivity index (χ1n) is 18.2. The molecule has 5 aromatic carbocycles. The van der Waals surface area contributed by atoms with Gasteiger partial charge in [-0.3, -0.25) is 4.79 Å². The van der Waals surface area contributed by atoms with Crippen molar-refractivity contribution < 1.29 is 30.3 Å². The minimum Gasteiger partial charge on any atom is -0.871 e. The molecule has 8 heteroatoms. The molecule has 2 aliphatic carbocycles. The number of para-hydroxylation sites is 4. The highest BCUT2D eigenvalue weighted by atomic mass is 16.3. The number of carbonyl (C=O) groups excluding carboxylic acids is 1. The van der Waals surface area contributed by atoms with Crippen LogP contribution in [0.25, 0.3) is 5.57 Å². The van der Waals surface area contributed by atoms with Crippen LogP contribution in [0.1, 0.15) is 61.1 Å². The van der Waals surface area contributed by atoms with Crippen molar-refractivity contribution in [1.29, 1.82) is 0 Å². The molecule has 55 heavy (non-hydrogen) atoms. The van der Waals surface area contributed by atoms with Crippen LogP contribution in [0.5, 0.6) is 11.5 Å². The van der Waals surface area contributed by atoms with Crippen molar-refractivity contribution in [2.75, 3.05) is 4.90 Å². The first kappa shape index (κ1) is 34.0. The van der Waals surface area contributed by atoms with Crippen molar-refractivity contribution in [3.63, 3.8) is 0 Å². The number of Topliss-reactive ketones (excluding diaryl/α,β-unsaturated/α-hetero) is 1. The normalized spacial score (nSPS) is 17.8. The van der Waals surface area contributed by atoms with E-state index in [9.17, 15) is 30.3 Å². The van der Waals surface area contributed by atoms with Gasteiger partial charge in [-0.1, -0.05) is 106 Å². The van der Waals surface area contributed by atoms with Crippen LogP contribution in [0.4, 0.5) is 28.4 Å². The molecule has 0 unspecified atom stereocenters. The summed E-state index contributed by atoms with van der Waals surface area (Å²) in [6.07, 6.45) is 2.85. The predicted molar refractivity (Wildman–Crippen MR) is 213 cm³/mol. The van der Waals surface area contributed by atoms with Crippen LogP contribution < -0.4 is 14.6 Å². The van der Waals surface area contributed by atoms with Gasteiger partial charge in [-0.05, 0) is 30.2 Å². The maximum Gasteiger partial charge on any atom is 0.219 e. The SMILES string of the molecule is Cc1c(N2c3ccccc3C(C)(C)c3ccccc32)cc(O)c(C2=C([O-])C(=C3C(O)=CC(=[N+]4c5ccccc5C(C)(C)c5ccccc54)C=C3O)C2=O)c1O. The molecule has 0 spiro atoms. The highest BCUT2D eigenvalue weighted by Gasteiger charge is 2.44. The average molecular weight is 727 g/mol. The molecule has 0 saturated heterocycles. The van der Waals surface area contributed by atoms with E-state index in [4.69, 9.17) is 0 Å². The lowest BCUT2D eigenvalue weighted by atomic mass is 9.73. The van der Waals surface area contributed by atoms with Gasteiger partial charge in [-0.2, -0.15) is 4.58 Å². The maximum absolute atomic E-state index is 13.9. The number of ketones is 1. The van der Waals surface area contributed by atoms with E-state index in [-0.39, 0.29) is 22.0 Å². The van der Waals surface area contributed by atoms with Gasteiger partial charge < -0.3 is 30.4 Å². The lowest BCUT2D eigenvalue weighted by molar-refractivity contribution is -0.297. The molecular formula is C47H38N2O6. The first-order chi connectivity index (χ1) is 26.2. The lowest BCUT2D eigenvalue weighted by Gasteiger charge is -2.42. The fourth-order valence-corrected chi connectivity index (χ4v) is 8.93. The van der Waals surface area contributed by atoms with E-state index in [2.05, 4.69) is 52.0 Å². The van der Waals surface area contributed by atoms with Gasteiger partial charge in [0.1, 0.15) is 23.0 Å². The van der Waals surface area contributed by atoms with Crippen LogP contribution >= 0.6 is 0 Å². The van der Waals surface area contributed by atoms with Crippen molar-refractivity contribution in [1.82, 2.24) is 4.58 Å². The van der Waals surface area contributed by atoms with Crippen molar-refractivity contribution in [3.05, 3.63) is 177 Å². The van der Waals surface area contributed by atoms with Gasteiger partial charge in [0.25, 0.3) is 0 Å². The van der Waals surface area contributed by atoms with Gasteiger partial charge in [0.2, 0.25) is 17.1 Å². The molecule has 2 heterocycles. The van der Waals surface area contributed by atoms with Crippen LogP contribution in [0.2, 0.25) is 0 Å². The quantitative estimate of drug-likeness (QED) is 0.106. The Morgan fingerprint density at radius 1 is 0.600 bits per heavy atom. The third-order valence-corrected chi connectivity index (χ3v) is 11.8. The van der Waals surface area contributed by atoms with Crippen molar-refractivity contribution in [2.45, 2.75) is 45.4 Å². The predicted octanol–water partition coefficient (Wildman–Crippen LogP) is 8.98. The standard InChI is InChI=1S/C47H38N2O6/c1-25-35(49-33-20-12-8-16-29(33)47(4,5)30-17-9-13-21-34(30)49)24-38(52)40(43(25)53)42-44(54)41(45(42)55)39-36(50)22-26(23-37(39)51)48-31-18-10-6-14-27(31)46(2,3)28-15-7-11-19-32(28)48/h6-24H,1-5H3,(H4,50,51,52,53,54,55). The Balaban J connectivity index is 1.16. The molecule has 0 atom stereocenters. The van der Waals surface area contributed by atoms with E-state index >= 15 is 0 Å². The van der Waals surface area contributed by atoms with E-state index in [0.29, 0.717) is 17.0 Å². The number of rotatable bonds is 2. The molecule has 4 aliphatic rings. The molecule has 4 N–H and O–H groups in total. The van der Waals surface area contributed by atoms with E-state index in [1.807, 2.05) is 82.3 Å². The van der Waals surface area contributed by atoms with Crippen LogP contribution in [0, 0.1) is 6.92 Å². The van der Waals surface area contributed by atoms with E-state index in [1.54, 1.807) is 6.92 Å². The number of hydrogen-bond donors (Lipinski definition) is 4. The number of phenolic OH excluding ortho intramolecular Hbond substituents is 2. The molecular weight excluding hydrogens is 689 g/mol. The van der Waals surface area contributed by atoms with Gasteiger partial charge in [-0.15, -0.1) is 0 Å². The number of carbonyl (C=O) groups is 1. The zero-order chi connectivity index (χ0) is 38.7. The Morgan fingerprint density at radius 3 is 1.56 bits per heavy atom. The molecule has 0 amide bonds. The highest BCUT2D eigenvalue weighted by molar-refractivity contribution is 6.40. The molecule has 2 aliphatic heterocycles. The number of allylic oxidation sites excluding steroid dienone is 4. The fourth-order valence-electron chi connectivity index (χ4n) is 8.93. The molecule has 0 bridgehead atoms. The van der Waals surface area contributed by atoms with Gasteiger partial charge in [0, 0.05) is 56.9 Å². The topological polar surface area (TPSA) is 127 Å². The Bertz CT molecular complexity index is 2620. The van der Waals surface area contributed by atoms with E-state index < -0.39 is 45.7 Å². The number of hydrogen-bond acceptors (Lipinski definition) is 7. The molecule has 8 nitrogen and oxygen atoms in total. The largest absolute Gasteiger partial charge is 0.871 e. The average Bonchev–Trinajstić information content (AvgIpc) is 3.17. The van der Waals surface area contributed by atoms with Gasteiger partial charge in [-0.25, -0.2) is 0 Å². The number of phenols is 2. The molecule has 9 rings (SSSR count). The number of aromatic hydroxyl groups is 2. The fraction of sp³-hybridized carbons (Fsp3) is 0.149. The van der Waals surface area contributed by atoms with Crippen LogP contribution in [-0.4, -0.2) is 31.9 Å². The summed E-state index contributed by atoms with van der Waals surface area (Å²) in [5.74, 6) is -3.42. The minimum absolute atomic E-state index is 0.293. The second kappa shape index (κ2) is 11.6. The number of anilines is 3. The van der Waals surface area contributed by atoms with Crippen molar-refractivity contribution >= 4 is 45.5 Å². The second-order valence-corrected chi connectivity index (χ2v) is 15.5.